The second kappa shape index (κ2) is 6.05. The zero-order valence-corrected chi connectivity index (χ0v) is 9.69. The Kier molecular flexibility index (Phi) is 4.69. The lowest BCUT2D eigenvalue weighted by atomic mass is 10.3. The van der Waals surface area contributed by atoms with Crippen LogP contribution in [0.2, 0.25) is 0 Å². The number of carbonyl (C=O) groups is 1. The molecule has 0 radical (unpaired) electrons. The quantitative estimate of drug-likeness (QED) is 0.810. The van der Waals surface area contributed by atoms with Crippen LogP contribution >= 0.6 is 0 Å². The summed E-state index contributed by atoms with van der Waals surface area (Å²) in [7, 11) is 0. The molecule has 0 atom stereocenters. The van der Waals surface area contributed by atoms with Crippen LogP contribution in [0.15, 0.2) is 16.9 Å². The number of rotatable bonds is 5. The van der Waals surface area contributed by atoms with E-state index >= 15 is 0 Å². The topological polar surface area (TPSA) is 66.1 Å². The second-order valence-electron chi connectivity index (χ2n) is 3.60. The maximum absolute atomic E-state index is 12.0. The number of hydrogen-bond acceptors (Lipinski definition) is 3. The van der Waals surface area contributed by atoms with E-state index in [9.17, 15) is 9.59 Å². The molecular formula is C11H17N3O2. The molecule has 16 heavy (non-hydrogen) atoms. The number of carbonyl (C=O) groups excluding carboxylic acids is 1. The van der Waals surface area contributed by atoms with Gasteiger partial charge in [0.15, 0.2) is 0 Å². The minimum absolute atomic E-state index is 0.125. The highest BCUT2D eigenvalue weighted by Crippen LogP contribution is 2.01. The van der Waals surface area contributed by atoms with Crippen molar-refractivity contribution in [3.05, 3.63) is 28.2 Å². The van der Waals surface area contributed by atoms with Crippen molar-refractivity contribution in [1.29, 1.82) is 0 Å². The highest BCUT2D eigenvalue weighted by molar-refractivity contribution is 5.92. The van der Waals surface area contributed by atoms with Gasteiger partial charge in [-0.2, -0.15) is 5.10 Å². The number of hydrogen-bond donors (Lipinski definition) is 1. The number of aromatic amines is 1. The zero-order chi connectivity index (χ0) is 12.0. The Balaban J connectivity index is 2.81. The van der Waals surface area contributed by atoms with Gasteiger partial charge in [0.25, 0.3) is 11.5 Å². The molecule has 0 aliphatic rings. The minimum Gasteiger partial charge on any atom is -0.337 e. The third kappa shape index (κ3) is 3.18. The maximum atomic E-state index is 12.0. The van der Waals surface area contributed by atoms with Gasteiger partial charge in [-0.3, -0.25) is 9.59 Å². The summed E-state index contributed by atoms with van der Waals surface area (Å²) in [6, 6.07) is 2.77. The predicted molar refractivity (Wildman–Crippen MR) is 61.3 cm³/mol. The Morgan fingerprint density at radius 2 is 1.94 bits per heavy atom. The van der Waals surface area contributed by atoms with Crippen molar-refractivity contribution in [3.8, 4) is 0 Å². The van der Waals surface area contributed by atoms with Gasteiger partial charge in [0.2, 0.25) is 0 Å². The van der Waals surface area contributed by atoms with Gasteiger partial charge < -0.3 is 4.90 Å². The van der Waals surface area contributed by atoms with Gasteiger partial charge in [-0.1, -0.05) is 13.8 Å². The fraction of sp³-hybridized carbons (Fsp3) is 0.545. The normalized spacial score (nSPS) is 10.1. The summed E-state index contributed by atoms with van der Waals surface area (Å²) in [4.78, 5) is 24.6. The second-order valence-corrected chi connectivity index (χ2v) is 3.60. The van der Waals surface area contributed by atoms with Crippen molar-refractivity contribution in [2.75, 3.05) is 13.1 Å². The molecule has 1 amide bonds. The van der Waals surface area contributed by atoms with Crippen molar-refractivity contribution in [2.24, 2.45) is 0 Å². The third-order valence-electron chi connectivity index (χ3n) is 2.17. The van der Waals surface area contributed by atoms with Crippen LogP contribution in [0.4, 0.5) is 0 Å². The van der Waals surface area contributed by atoms with Gasteiger partial charge in [-0.05, 0) is 18.9 Å². The molecule has 0 aliphatic carbocycles. The first-order chi connectivity index (χ1) is 7.69. The molecule has 0 aromatic carbocycles. The number of amides is 1. The molecule has 5 nitrogen and oxygen atoms in total. The van der Waals surface area contributed by atoms with E-state index in [1.807, 2.05) is 13.8 Å². The van der Waals surface area contributed by atoms with Crippen molar-refractivity contribution in [1.82, 2.24) is 15.1 Å². The highest BCUT2D eigenvalue weighted by atomic mass is 16.2. The van der Waals surface area contributed by atoms with E-state index in [0.29, 0.717) is 18.8 Å². The third-order valence-corrected chi connectivity index (χ3v) is 2.17. The lowest BCUT2D eigenvalue weighted by Crippen LogP contribution is -2.33. The van der Waals surface area contributed by atoms with Crippen molar-refractivity contribution >= 4 is 5.91 Å². The standard InChI is InChI=1S/C11H17N3O2/c1-3-7-14(8-4-2)11(16)9-5-6-10(15)13-12-9/h5-6H,3-4,7-8H2,1-2H3,(H,13,15). The van der Waals surface area contributed by atoms with Crippen molar-refractivity contribution < 1.29 is 4.79 Å². The number of aromatic nitrogens is 2. The molecule has 1 heterocycles. The Labute approximate surface area is 94.5 Å². The average molecular weight is 223 g/mol. The van der Waals surface area contributed by atoms with Gasteiger partial charge in [-0.25, -0.2) is 5.10 Å². The van der Waals surface area contributed by atoms with E-state index in [1.54, 1.807) is 4.90 Å². The first kappa shape index (κ1) is 12.4. The zero-order valence-electron chi connectivity index (χ0n) is 9.69. The Morgan fingerprint density at radius 3 is 2.38 bits per heavy atom. The van der Waals surface area contributed by atoms with E-state index in [4.69, 9.17) is 0 Å². The van der Waals surface area contributed by atoms with Gasteiger partial charge in [0, 0.05) is 19.2 Å². The van der Waals surface area contributed by atoms with Gasteiger partial charge in [0.05, 0.1) is 0 Å². The number of H-pyrrole nitrogens is 1. The molecule has 0 saturated carbocycles. The molecule has 0 aliphatic heterocycles. The van der Waals surface area contributed by atoms with Crippen LogP contribution in [0.25, 0.3) is 0 Å². The first-order valence-corrected chi connectivity index (χ1v) is 5.54. The Morgan fingerprint density at radius 1 is 1.31 bits per heavy atom. The lowest BCUT2D eigenvalue weighted by Gasteiger charge is -2.20. The highest BCUT2D eigenvalue weighted by Gasteiger charge is 2.15. The molecule has 1 N–H and O–H groups in total. The molecule has 88 valence electrons. The van der Waals surface area contributed by atoms with Crippen LogP contribution in [0.3, 0.4) is 0 Å². The fourth-order valence-corrected chi connectivity index (χ4v) is 1.48. The van der Waals surface area contributed by atoms with Gasteiger partial charge in [0.1, 0.15) is 5.69 Å². The summed E-state index contributed by atoms with van der Waals surface area (Å²) in [6.07, 6.45) is 1.82. The smallest absolute Gasteiger partial charge is 0.274 e. The molecule has 0 saturated heterocycles. The van der Waals surface area contributed by atoms with Crippen LogP contribution in [0, 0.1) is 0 Å². The predicted octanol–water partition coefficient (Wildman–Crippen LogP) is 1.03. The van der Waals surface area contributed by atoms with E-state index in [1.165, 1.54) is 12.1 Å². The van der Waals surface area contributed by atoms with Crippen LogP contribution in [-0.2, 0) is 0 Å². The van der Waals surface area contributed by atoms with Crippen molar-refractivity contribution in [2.45, 2.75) is 26.7 Å². The van der Waals surface area contributed by atoms with E-state index in [-0.39, 0.29) is 11.5 Å². The summed E-state index contributed by atoms with van der Waals surface area (Å²) in [5.41, 5.74) is -0.00409. The number of nitrogens with zero attached hydrogens (tertiary/aromatic N) is 2. The van der Waals surface area contributed by atoms with E-state index in [2.05, 4.69) is 10.2 Å². The summed E-state index contributed by atoms with van der Waals surface area (Å²) in [5.74, 6) is -0.125. The average Bonchev–Trinajstić information content (AvgIpc) is 2.29. The molecule has 0 bridgehead atoms. The fourth-order valence-electron chi connectivity index (χ4n) is 1.48. The molecule has 5 heteroatoms. The summed E-state index contributed by atoms with van der Waals surface area (Å²) in [6.45, 7) is 5.48. The number of nitrogens with one attached hydrogen (secondary N) is 1. The maximum Gasteiger partial charge on any atom is 0.274 e. The van der Waals surface area contributed by atoms with E-state index in [0.717, 1.165) is 12.8 Å². The lowest BCUT2D eigenvalue weighted by molar-refractivity contribution is 0.0748. The summed E-state index contributed by atoms with van der Waals surface area (Å²) < 4.78 is 0. The van der Waals surface area contributed by atoms with Gasteiger partial charge in [-0.15, -0.1) is 0 Å². The molecule has 0 spiro atoms. The monoisotopic (exact) mass is 223 g/mol. The molecule has 0 fully saturated rings. The molecular weight excluding hydrogens is 206 g/mol. The molecule has 1 rings (SSSR count). The van der Waals surface area contributed by atoms with Crippen molar-refractivity contribution in [3.63, 3.8) is 0 Å². The van der Waals surface area contributed by atoms with Crippen LogP contribution < -0.4 is 5.56 Å². The summed E-state index contributed by atoms with van der Waals surface area (Å²) in [5, 5.41) is 6.00. The minimum atomic E-state index is -0.297. The molecule has 0 unspecified atom stereocenters. The van der Waals surface area contributed by atoms with E-state index < -0.39 is 0 Å². The molecule has 1 aromatic rings. The van der Waals surface area contributed by atoms with Crippen LogP contribution in [0.5, 0.6) is 0 Å². The summed E-state index contributed by atoms with van der Waals surface area (Å²) >= 11 is 0. The van der Waals surface area contributed by atoms with Crippen LogP contribution in [0.1, 0.15) is 37.2 Å². The first-order valence-electron chi connectivity index (χ1n) is 5.54. The van der Waals surface area contributed by atoms with Gasteiger partial charge >= 0.3 is 0 Å². The largest absolute Gasteiger partial charge is 0.337 e. The Hall–Kier alpha value is -1.65. The Bertz CT molecular complexity index is 374. The molecule has 1 aromatic heterocycles. The van der Waals surface area contributed by atoms with Crippen LogP contribution in [-0.4, -0.2) is 34.1 Å². The SMILES string of the molecule is CCCN(CCC)C(=O)c1ccc(=O)[nH]n1.